The van der Waals surface area contributed by atoms with Crippen molar-refractivity contribution in [3.8, 4) is 0 Å². The zero-order valence-corrected chi connectivity index (χ0v) is 29.1. The monoisotopic (exact) mass is 659 g/mol. The first-order chi connectivity index (χ1) is 20.6. The lowest BCUT2D eigenvalue weighted by molar-refractivity contribution is -0.145. The molecule has 0 aliphatic rings. The Morgan fingerprint density at radius 2 is 1.05 bits per heavy atom. The predicted octanol–water partition coefficient (Wildman–Crippen LogP) is 6.93. The highest BCUT2D eigenvalue weighted by Gasteiger charge is 2.64. The molecule has 0 aromatic carbocycles. The van der Waals surface area contributed by atoms with Crippen molar-refractivity contribution in [3.63, 3.8) is 0 Å². The van der Waals surface area contributed by atoms with Gasteiger partial charge in [-0.3, -0.25) is 18.7 Å². The van der Waals surface area contributed by atoms with E-state index in [-0.39, 0.29) is 19.4 Å². The van der Waals surface area contributed by atoms with Crippen LogP contribution >= 0.6 is 15.2 Å². The van der Waals surface area contributed by atoms with Gasteiger partial charge < -0.3 is 38.0 Å². The first kappa shape index (κ1) is 42.2. The van der Waals surface area contributed by atoms with Gasteiger partial charge in [0.25, 0.3) is 5.08 Å². The maximum atomic E-state index is 12.9. The second kappa shape index (κ2) is 25.4. The summed E-state index contributed by atoms with van der Waals surface area (Å²) in [4.78, 5) is 24.2. The molecule has 0 unspecified atom stereocenters. The van der Waals surface area contributed by atoms with Crippen molar-refractivity contribution in [1.29, 1.82) is 0 Å². The molecule has 0 saturated heterocycles. The standard InChI is InChI=1S/C29H59NO11P2/c1-6-7-8-9-10-11-12-13-14-15-16-17-18-19-23-40-24-20-25-41-28(32)22-21-27(31)30-26-29(33,42(34,36-2)37-3)43(35,38-4)39-5/h33H,6-26H2,1-5H3,(H,30,31). The van der Waals surface area contributed by atoms with Gasteiger partial charge >= 0.3 is 21.2 Å². The fourth-order valence-corrected chi connectivity index (χ4v) is 8.71. The molecule has 0 atom stereocenters. The average molecular weight is 660 g/mol. The smallest absolute Gasteiger partial charge is 0.375 e. The highest BCUT2D eigenvalue weighted by atomic mass is 31.2. The van der Waals surface area contributed by atoms with Crippen molar-refractivity contribution in [2.24, 2.45) is 0 Å². The van der Waals surface area contributed by atoms with Crippen LogP contribution in [0.2, 0.25) is 0 Å². The summed E-state index contributed by atoms with van der Waals surface area (Å²) < 4.78 is 55.6. The van der Waals surface area contributed by atoms with E-state index in [0.717, 1.165) is 41.3 Å². The molecule has 12 nitrogen and oxygen atoms in total. The van der Waals surface area contributed by atoms with E-state index < -0.39 is 38.7 Å². The first-order valence-electron chi connectivity index (χ1n) is 15.7. The third-order valence-electron chi connectivity index (χ3n) is 7.26. The van der Waals surface area contributed by atoms with Crippen molar-refractivity contribution in [1.82, 2.24) is 5.32 Å². The molecule has 1 amide bonds. The number of ether oxygens (including phenoxy) is 2. The van der Waals surface area contributed by atoms with Gasteiger partial charge in [-0.05, 0) is 6.42 Å². The molecule has 14 heteroatoms. The molecule has 0 aromatic heterocycles. The number of aliphatic hydroxyl groups is 1. The zero-order valence-electron chi connectivity index (χ0n) is 27.3. The van der Waals surface area contributed by atoms with Crippen molar-refractivity contribution in [3.05, 3.63) is 0 Å². The van der Waals surface area contributed by atoms with E-state index in [4.69, 9.17) is 27.6 Å². The van der Waals surface area contributed by atoms with Crippen molar-refractivity contribution < 1.29 is 51.4 Å². The summed E-state index contributed by atoms with van der Waals surface area (Å²) >= 11 is 0. The van der Waals surface area contributed by atoms with Gasteiger partial charge in [-0.2, -0.15) is 0 Å². The third-order valence-corrected chi connectivity index (χ3v) is 12.7. The lowest BCUT2D eigenvalue weighted by Gasteiger charge is -2.36. The second-order valence-corrected chi connectivity index (χ2v) is 15.8. The van der Waals surface area contributed by atoms with Gasteiger partial charge in [-0.15, -0.1) is 0 Å². The minimum absolute atomic E-state index is 0.175. The molecule has 0 rings (SSSR count). The molecule has 43 heavy (non-hydrogen) atoms. The highest BCUT2D eigenvalue weighted by Crippen LogP contribution is 2.75. The van der Waals surface area contributed by atoms with Gasteiger partial charge in [0.2, 0.25) is 5.91 Å². The van der Waals surface area contributed by atoms with Crippen LogP contribution < -0.4 is 5.32 Å². The van der Waals surface area contributed by atoms with Gasteiger partial charge in [-0.1, -0.05) is 90.4 Å². The Bertz CT molecular complexity index is 786. The number of esters is 1. The molecule has 0 fully saturated rings. The minimum Gasteiger partial charge on any atom is -0.466 e. The van der Waals surface area contributed by atoms with Crippen LogP contribution in [0.15, 0.2) is 0 Å². The topological polar surface area (TPSA) is 156 Å². The van der Waals surface area contributed by atoms with Crippen LogP contribution in [0.1, 0.15) is 116 Å². The second-order valence-electron chi connectivity index (χ2n) is 10.6. The number of carbonyl (C=O) groups is 2. The number of rotatable bonds is 30. The fraction of sp³-hybridized carbons (Fsp3) is 0.931. The molecule has 0 aliphatic heterocycles. The fourth-order valence-electron chi connectivity index (χ4n) is 4.52. The van der Waals surface area contributed by atoms with E-state index in [0.29, 0.717) is 19.6 Å². The Morgan fingerprint density at radius 3 is 1.49 bits per heavy atom. The number of carbonyl (C=O) groups excluding carboxylic acids is 2. The molecule has 0 aromatic rings. The largest absolute Gasteiger partial charge is 0.466 e. The van der Waals surface area contributed by atoms with Crippen LogP contribution in [-0.4, -0.2) is 76.9 Å². The van der Waals surface area contributed by atoms with Gasteiger partial charge in [0.1, 0.15) is 0 Å². The predicted molar refractivity (Wildman–Crippen MR) is 167 cm³/mol. The van der Waals surface area contributed by atoms with E-state index >= 15 is 0 Å². The van der Waals surface area contributed by atoms with Crippen molar-refractivity contribution in [2.45, 2.75) is 121 Å². The molecule has 0 spiro atoms. The maximum Gasteiger partial charge on any atom is 0.375 e. The van der Waals surface area contributed by atoms with Gasteiger partial charge in [0.15, 0.2) is 0 Å². The summed E-state index contributed by atoms with van der Waals surface area (Å²) in [7, 11) is -5.02. The van der Waals surface area contributed by atoms with Gasteiger partial charge in [-0.25, -0.2) is 0 Å². The van der Waals surface area contributed by atoms with E-state index in [2.05, 4.69) is 12.2 Å². The van der Waals surface area contributed by atoms with Crippen LogP contribution in [0.3, 0.4) is 0 Å². The Kier molecular flexibility index (Phi) is 24.9. The van der Waals surface area contributed by atoms with E-state index in [1.54, 1.807) is 0 Å². The summed E-state index contributed by atoms with van der Waals surface area (Å²) in [5.74, 6) is -1.26. The number of hydrogen-bond donors (Lipinski definition) is 2. The van der Waals surface area contributed by atoms with Gasteiger partial charge in [0, 0.05) is 54.5 Å². The van der Waals surface area contributed by atoms with Crippen molar-refractivity contribution in [2.75, 3.05) is 54.8 Å². The third kappa shape index (κ3) is 16.9. The summed E-state index contributed by atoms with van der Waals surface area (Å²) in [5.41, 5.74) is 0. The zero-order chi connectivity index (χ0) is 32.5. The normalized spacial score (nSPS) is 12.4. The molecule has 0 heterocycles. The molecule has 0 bridgehead atoms. The molecule has 2 N–H and O–H groups in total. The lowest BCUT2D eigenvalue weighted by atomic mass is 10.0. The Balaban J connectivity index is 3.91. The molecule has 0 saturated carbocycles. The first-order valence-corrected chi connectivity index (χ1v) is 18.8. The number of amides is 1. The number of hydrogen-bond acceptors (Lipinski definition) is 11. The average Bonchev–Trinajstić information content (AvgIpc) is 3.02. The molecular formula is C29H59NO11P2. The van der Waals surface area contributed by atoms with Crippen LogP contribution in [0.5, 0.6) is 0 Å². The summed E-state index contributed by atoms with van der Waals surface area (Å²) in [5, 5.41) is 10.4. The molecular weight excluding hydrogens is 600 g/mol. The molecule has 0 aliphatic carbocycles. The van der Waals surface area contributed by atoms with E-state index in [9.17, 15) is 23.8 Å². The minimum atomic E-state index is -4.47. The number of nitrogens with one attached hydrogen (secondary N) is 1. The van der Waals surface area contributed by atoms with Gasteiger partial charge in [0.05, 0.1) is 19.6 Å². The Morgan fingerprint density at radius 1 is 0.628 bits per heavy atom. The van der Waals surface area contributed by atoms with Crippen LogP contribution in [0.4, 0.5) is 0 Å². The summed E-state index contributed by atoms with van der Waals surface area (Å²) in [6.45, 7) is 2.77. The summed E-state index contributed by atoms with van der Waals surface area (Å²) in [6.07, 6.45) is 18.4. The van der Waals surface area contributed by atoms with E-state index in [1.165, 1.54) is 77.0 Å². The van der Waals surface area contributed by atoms with Crippen LogP contribution in [0, 0.1) is 0 Å². The summed E-state index contributed by atoms with van der Waals surface area (Å²) in [6, 6.07) is 0. The van der Waals surface area contributed by atoms with Crippen LogP contribution in [-0.2, 0) is 46.3 Å². The lowest BCUT2D eigenvalue weighted by Crippen LogP contribution is -2.44. The molecule has 0 radical (unpaired) electrons. The van der Waals surface area contributed by atoms with E-state index in [1.807, 2.05) is 0 Å². The van der Waals surface area contributed by atoms with Crippen molar-refractivity contribution >= 4 is 27.1 Å². The Hall–Kier alpha value is -0.840. The van der Waals surface area contributed by atoms with Crippen LogP contribution in [0.25, 0.3) is 0 Å². The number of unbranched alkanes of at least 4 members (excludes halogenated alkanes) is 13. The quantitative estimate of drug-likeness (QED) is 0.0468. The molecule has 256 valence electrons. The SMILES string of the molecule is CCCCCCCCCCCCCCCCOCCCOC(=O)CCC(=O)NCC(O)(P(=O)(OC)OC)P(=O)(OC)OC. The Labute approximate surface area is 259 Å². The maximum absolute atomic E-state index is 12.9. The highest BCUT2D eigenvalue weighted by molar-refractivity contribution is 7.73.